The minimum atomic E-state index is -0.606. The Labute approximate surface area is 116 Å². The number of ether oxygens (including phenoxy) is 2. The number of aryl methyl sites for hydroxylation is 1. The SMILES string of the molecule is C[SiH2]C1(OC(=O)Nc2ccccc2C)CCCCO1. The highest BCUT2D eigenvalue weighted by molar-refractivity contribution is 6.37. The molecule has 1 saturated heterocycles. The molecular weight excluding hydrogens is 258 g/mol. The van der Waals surface area contributed by atoms with Crippen LogP contribution in [0.2, 0.25) is 6.55 Å². The van der Waals surface area contributed by atoms with Crippen molar-refractivity contribution < 1.29 is 14.3 Å². The molecule has 0 aromatic heterocycles. The van der Waals surface area contributed by atoms with Crippen molar-refractivity contribution >= 4 is 21.3 Å². The zero-order valence-electron chi connectivity index (χ0n) is 11.6. The molecule has 1 aliphatic rings. The van der Waals surface area contributed by atoms with Crippen molar-refractivity contribution in [3.05, 3.63) is 29.8 Å². The second-order valence-corrected chi connectivity index (χ2v) is 6.68. The van der Waals surface area contributed by atoms with Gasteiger partial charge in [0.05, 0.1) is 6.61 Å². The van der Waals surface area contributed by atoms with Crippen LogP contribution in [-0.4, -0.2) is 27.6 Å². The summed E-state index contributed by atoms with van der Waals surface area (Å²) in [5.41, 5.74) is 1.20. The van der Waals surface area contributed by atoms with Gasteiger partial charge in [0.15, 0.2) is 5.41 Å². The van der Waals surface area contributed by atoms with Crippen molar-refractivity contribution in [3.63, 3.8) is 0 Å². The van der Waals surface area contributed by atoms with Gasteiger partial charge in [0, 0.05) is 12.1 Å². The van der Waals surface area contributed by atoms with Crippen LogP contribution in [0.25, 0.3) is 0 Å². The molecule has 2 rings (SSSR count). The van der Waals surface area contributed by atoms with E-state index < -0.39 is 21.0 Å². The van der Waals surface area contributed by atoms with Crippen molar-refractivity contribution in [3.8, 4) is 0 Å². The first-order chi connectivity index (χ1) is 9.15. The number of hydrogen-bond acceptors (Lipinski definition) is 3. The molecular formula is C14H21NO3Si. The largest absolute Gasteiger partial charge is 0.422 e. The van der Waals surface area contributed by atoms with Gasteiger partial charge in [-0.15, -0.1) is 0 Å². The maximum absolute atomic E-state index is 12.0. The minimum Gasteiger partial charge on any atom is -0.422 e. The van der Waals surface area contributed by atoms with Gasteiger partial charge in [0.2, 0.25) is 0 Å². The molecule has 19 heavy (non-hydrogen) atoms. The number of carbonyl (C=O) groups excluding carboxylic acids is 1. The summed E-state index contributed by atoms with van der Waals surface area (Å²) in [6, 6.07) is 7.66. The quantitative estimate of drug-likeness (QED) is 0.865. The van der Waals surface area contributed by atoms with Gasteiger partial charge in [-0.2, -0.15) is 0 Å². The molecule has 1 aliphatic heterocycles. The third kappa shape index (κ3) is 3.58. The number of rotatable bonds is 3. The van der Waals surface area contributed by atoms with E-state index in [2.05, 4.69) is 11.9 Å². The first-order valence-electron chi connectivity index (χ1n) is 6.85. The van der Waals surface area contributed by atoms with Crippen LogP contribution in [0.5, 0.6) is 0 Å². The summed E-state index contributed by atoms with van der Waals surface area (Å²) in [5, 5.41) is 2.80. The molecule has 1 unspecified atom stereocenters. The zero-order chi connectivity index (χ0) is 13.7. The molecule has 0 bridgehead atoms. The lowest BCUT2D eigenvalue weighted by atomic mass is 10.2. The Hall–Kier alpha value is -1.33. The van der Waals surface area contributed by atoms with Crippen molar-refractivity contribution in [1.82, 2.24) is 0 Å². The van der Waals surface area contributed by atoms with Crippen LogP contribution in [0.4, 0.5) is 10.5 Å². The zero-order valence-corrected chi connectivity index (χ0v) is 13.0. The summed E-state index contributed by atoms with van der Waals surface area (Å²) in [6.07, 6.45) is 2.54. The van der Waals surface area contributed by atoms with E-state index in [-0.39, 0.29) is 0 Å². The predicted molar refractivity (Wildman–Crippen MR) is 78.2 cm³/mol. The summed E-state index contributed by atoms with van der Waals surface area (Å²) >= 11 is 0. The Morgan fingerprint density at radius 1 is 1.42 bits per heavy atom. The first kappa shape index (κ1) is 14.1. The molecule has 1 aromatic carbocycles. The van der Waals surface area contributed by atoms with Gasteiger partial charge in [0.1, 0.15) is 9.52 Å². The Balaban J connectivity index is 1.98. The Kier molecular flexibility index (Phi) is 4.60. The minimum absolute atomic E-state index is 0.412. The van der Waals surface area contributed by atoms with Gasteiger partial charge in [-0.05, 0) is 31.4 Å². The van der Waals surface area contributed by atoms with Crippen molar-refractivity contribution in [2.24, 2.45) is 0 Å². The number of carbonyl (C=O) groups is 1. The van der Waals surface area contributed by atoms with Crippen LogP contribution in [0.15, 0.2) is 24.3 Å². The first-order valence-corrected chi connectivity index (χ1v) is 8.97. The highest BCUT2D eigenvalue weighted by Gasteiger charge is 2.35. The Morgan fingerprint density at radius 2 is 2.21 bits per heavy atom. The number of benzene rings is 1. The van der Waals surface area contributed by atoms with Gasteiger partial charge < -0.3 is 9.47 Å². The topological polar surface area (TPSA) is 47.6 Å². The number of amides is 1. The van der Waals surface area contributed by atoms with Crippen LogP contribution in [0.1, 0.15) is 24.8 Å². The summed E-state index contributed by atoms with van der Waals surface area (Å²) in [5.74, 6) is 0. The molecule has 1 heterocycles. The Bertz CT molecular complexity index is 444. The molecule has 5 heteroatoms. The van der Waals surface area contributed by atoms with E-state index in [0.29, 0.717) is 6.61 Å². The molecule has 1 atom stereocenters. The van der Waals surface area contributed by atoms with E-state index in [1.807, 2.05) is 31.2 Å². The predicted octanol–water partition coefficient (Wildman–Crippen LogP) is 2.61. The van der Waals surface area contributed by atoms with Crippen molar-refractivity contribution in [2.45, 2.75) is 38.1 Å². The molecule has 1 amide bonds. The number of anilines is 1. The average Bonchev–Trinajstić information content (AvgIpc) is 2.42. The molecule has 1 aromatic rings. The van der Waals surface area contributed by atoms with E-state index in [1.165, 1.54) is 0 Å². The molecule has 104 valence electrons. The van der Waals surface area contributed by atoms with Crippen molar-refractivity contribution in [1.29, 1.82) is 0 Å². The molecule has 0 saturated carbocycles. The highest BCUT2D eigenvalue weighted by Crippen LogP contribution is 2.26. The van der Waals surface area contributed by atoms with Crippen LogP contribution in [-0.2, 0) is 9.47 Å². The van der Waals surface area contributed by atoms with Gasteiger partial charge in [-0.3, -0.25) is 5.32 Å². The van der Waals surface area contributed by atoms with Crippen LogP contribution >= 0.6 is 0 Å². The Morgan fingerprint density at radius 3 is 2.84 bits per heavy atom. The molecule has 1 fully saturated rings. The number of para-hydroxylation sites is 1. The number of hydrogen-bond donors (Lipinski definition) is 1. The van der Waals surface area contributed by atoms with E-state index in [9.17, 15) is 4.79 Å². The molecule has 0 radical (unpaired) electrons. The van der Waals surface area contributed by atoms with Crippen LogP contribution in [0.3, 0.4) is 0 Å². The van der Waals surface area contributed by atoms with Crippen LogP contribution < -0.4 is 5.32 Å². The summed E-state index contributed by atoms with van der Waals surface area (Å²) in [6.45, 7) is 4.77. The second-order valence-electron chi connectivity index (χ2n) is 4.90. The highest BCUT2D eigenvalue weighted by atomic mass is 28.2. The van der Waals surface area contributed by atoms with E-state index >= 15 is 0 Å². The van der Waals surface area contributed by atoms with Gasteiger partial charge in [0.25, 0.3) is 0 Å². The third-order valence-corrected chi connectivity index (χ3v) is 5.30. The molecule has 4 nitrogen and oxygen atoms in total. The van der Waals surface area contributed by atoms with E-state index in [1.54, 1.807) is 0 Å². The number of nitrogens with one attached hydrogen (secondary N) is 1. The molecule has 0 aliphatic carbocycles. The third-order valence-electron chi connectivity index (χ3n) is 3.52. The van der Waals surface area contributed by atoms with Crippen molar-refractivity contribution in [2.75, 3.05) is 11.9 Å². The average molecular weight is 279 g/mol. The van der Waals surface area contributed by atoms with Gasteiger partial charge >= 0.3 is 6.09 Å². The fourth-order valence-corrected chi connectivity index (χ4v) is 3.50. The summed E-state index contributed by atoms with van der Waals surface area (Å²) in [4.78, 5) is 12.0. The lowest BCUT2D eigenvalue weighted by Gasteiger charge is -2.35. The molecule has 1 N–H and O–H groups in total. The normalized spacial score (nSPS) is 23.5. The lowest BCUT2D eigenvalue weighted by Crippen LogP contribution is -2.46. The maximum Gasteiger partial charge on any atom is 0.413 e. The van der Waals surface area contributed by atoms with Crippen LogP contribution in [0, 0.1) is 6.92 Å². The summed E-state index contributed by atoms with van der Waals surface area (Å²) < 4.78 is 11.3. The second kappa shape index (κ2) is 6.21. The van der Waals surface area contributed by atoms with Gasteiger partial charge in [-0.25, -0.2) is 4.79 Å². The molecule has 0 spiro atoms. The maximum atomic E-state index is 12.0. The van der Waals surface area contributed by atoms with Gasteiger partial charge in [-0.1, -0.05) is 24.7 Å². The fraction of sp³-hybridized carbons (Fsp3) is 0.500. The van der Waals surface area contributed by atoms with E-state index in [0.717, 1.165) is 30.5 Å². The standard InChI is InChI=1S/C14H21NO3Si/c1-11-7-3-4-8-12(11)15-13(16)18-14(19-2)9-5-6-10-17-14/h3-4,7-8H,5-6,9-10,19H2,1-2H3,(H,15,16). The smallest absolute Gasteiger partial charge is 0.413 e. The summed E-state index contributed by atoms with van der Waals surface area (Å²) in [7, 11) is -0.586. The van der Waals surface area contributed by atoms with E-state index in [4.69, 9.17) is 9.47 Å². The monoisotopic (exact) mass is 279 g/mol. The lowest BCUT2D eigenvalue weighted by molar-refractivity contribution is -0.162. The fourth-order valence-electron chi connectivity index (χ4n) is 2.28.